The maximum Gasteiger partial charge on any atom is 0.218 e. The highest BCUT2D eigenvalue weighted by Crippen LogP contribution is 2.29. The van der Waals surface area contributed by atoms with Gasteiger partial charge >= 0.3 is 0 Å². The molecule has 102 valence electrons. The van der Waals surface area contributed by atoms with Crippen molar-refractivity contribution in [2.24, 2.45) is 0 Å². The van der Waals surface area contributed by atoms with Gasteiger partial charge in [-0.15, -0.1) is 0 Å². The topological polar surface area (TPSA) is 15.7 Å². The van der Waals surface area contributed by atoms with E-state index in [1.807, 2.05) is 43.3 Å². The van der Waals surface area contributed by atoms with E-state index in [9.17, 15) is 0 Å². The van der Waals surface area contributed by atoms with E-state index in [2.05, 4.69) is 46.5 Å². The van der Waals surface area contributed by atoms with Gasteiger partial charge in [-0.3, -0.25) is 0 Å². The number of ether oxygens (including phenoxy) is 1. The minimum atomic E-state index is -0.134. The van der Waals surface area contributed by atoms with Crippen LogP contribution in [-0.4, -0.2) is 13.0 Å². The van der Waals surface area contributed by atoms with Gasteiger partial charge in [0.15, 0.2) is 0 Å². The van der Waals surface area contributed by atoms with Gasteiger partial charge in [0.2, 0.25) is 6.35 Å². The maximum atomic E-state index is 5.93. The lowest BCUT2D eigenvalue weighted by molar-refractivity contribution is 0.0753. The van der Waals surface area contributed by atoms with Crippen LogP contribution in [0.5, 0.6) is 0 Å². The van der Waals surface area contributed by atoms with Crippen molar-refractivity contribution < 1.29 is 4.74 Å². The molecule has 1 aliphatic rings. The van der Waals surface area contributed by atoms with Crippen LogP contribution in [0, 0.1) is 0 Å². The molecule has 0 radical (unpaired) electrons. The summed E-state index contributed by atoms with van der Waals surface area (Å²) in [5.41, 5.74) is 2.25. The van der Waals surface area contributed by atoms with Gasteiger partial charge in [0.1, 0.15) is 0 Å². The number of benzene rings is 2. The van der Waals surface area contributed by atoms with Crippen LogP contribution in [0.1, 0.15) is 6.92 Å². The van der Waals surface area contributed by atoms with Gasteiger partial charge < -0.3 is 14.5 Å². The van der Waals surface area contributed by atoms with Crippen molar-refractivity contribution in [3.63, 3.8) is 0 Å². The van der Waals surface area contributed by atoms with Crippen LogP contribution in [0.2, 0.25) is 0 Å². The van der Waals surface area contributed by atoms with Crippen molar-refractivity contribution >= 4 is 11.4 Å². The molecule has 3 nitrogen and oxygen atoms in total. The van der Waals surface area contributed by atoms with Crippen LogP contribution in [-0.2, 0) is 4.74 Å². The highest BCUT2D eigenvalue weighted by Gasteiger charge is 2.28. The Kier molecular flexibility index (Phi) is 3.70. The molecule has 0 aliphatic carbocycles. The van der Waals surface area contributed by atoms with Crippen LogP contribution in [0.15, 0.2) is 73.1 Å². The molecule has 1 aliphatic heterocycles. The molecule has 0 N–H and O–H groups in total. The van der Waals surface area contributed by atoms with Crippen molar-refractivity contribution in [3.05, 3.63) is 73.1 Å². The quantitative estimate of drug-likeness (QED) is 0.837. The van der Waals surface area contributed by atoms with Gasteiger partial charge in [0.05, 0.1) is 0 Å². The molecule has 0 aromatic heterocycles. The summed E-state index contributed by atoms with van der Waals surface area (Å²) < 4.78 is 5.93. The second-order valence-electron chi connectivity index (χ2n) is 4.57. The van der Waals surface area contributed by atoms with Crippen LogP contribution in [0.25, 0.3) is 0 Å². The van der Waals surface area contributed by atoms with Crippen LogP contribution < -0.4 is 9.80 Å². The highest BCUT2D eigenvalue weighted by atomic mass is 16.5. The Labute approximate surface area is 119 Å². The van der Waals surface area contributed by atoms with Gasteiger partial charge in [-0.2, -0.15) is 0 Å². The average molecular weight is 266 g/mol. The van der Waals surface area contributed by atoms with Crippen molar-refractivity contribution in [2.75, 3.05) is 16.4 Å². The Balaban J connectivity index is 1.90. The summed E-state index contributed by atoms with van der Waals surface area (Å²) in [5, 5.41) is 0. The van der Waals surface area contributed by atoms with E-state index >= 15 is 0 Å². The summed E-state index contributed by atoms with van der Waals surface area (Å²) in [6.45, 7) is 2.68. The minimum Gasteiger partial charge on any atom is -0.340 e. The molecule has 2 aromatic rings. The molecule has 0 unspecified atom stereocenters. The number of anilines is 2. The Morgan fingerprint density at radius 1 is 0.800 bits per heavy atom. The maximum absolute atomic E-state index is 5.93. The van der Waals surface area contributed by atoms with Crippen molar-refractivity contribution in [2.45, 2.75) is 13.3 Å². The molecular weight excluding hydrogens is 248 g/mol. The summed E-state index contributed by atoms with van der Waals surface area (Å²) in [6, 6.07) is 20.6. The highest BCUT2D eigenvalue weighted by molar-refractivity contribution is 5.60. The number of rotatable bonds is 4. The normalized spacial score (nSPS) is 15.1. The zero-order valence-corrected chi connectivity index (χ0v) is 11.5. The zero-order valence-electron chi connectivity index (χ0n) is 11.5. The molecular formula is C17H18N2O. The second-order valence-corrected chi connectivity index (χ2v) is 4.57. The summed E-state index contributed by atoms with van der Waals surface area (Å²) in [5.74, 6) is 0. The molecule has 3 rings (SSSR count). The molecule has 0 atom stereocenters. The van der Waals surface area contributed by atoms with E-state index in [0.29, 0.717) is 6.61 Å². The van der Waals surface area contributed by atoms with Gasteiger partial charge in [-0.1, -0.05) is 36.4 Å². The van der Waals surface area contributed by atoms with E-state index in [-0.39, 0.29) is 6.35 Å². The van der Waals surface area contributed by atoms with E-state index in [0.717, 1.165) is 11.4 Å². The van der Waals surface area contributed by atoms with Crippen LogP contribution >= 0.6 is 0 Å². The predicted octanol–water partition coefficient (Wildman–Crippen LogP) is 3.80. The lowest BCUT2D eigenvalue weighted by Crippen LogP contribution is -2.41. The Morgan fingerprint density at radius 3 is 1.65 bits per heavy atom. The first-order valence-corrected chi connectivity index (χ1v) is 6.87. The first-order chi connectivity index (χ1) is 9.90. The molecule has 3 heteroatoms. The molecule has 0 fully saturated rings. The molecule has 0 amide bonds. The molecule has 0 bridgehead atoms. The van der Waals surface area contributed by atoms with Crippen LogP contribution in [0.4, 0.5) is 11.4 Å². The molecule has 1 heterocycles. The summed E-state index contributed by atoms with van der Waals surface area (Å²) in [7, 11) is 0. The van der Waals surface area contributed by atoms with Gasteiger partial charge in [0, 0.05) is 30.4 Å². The molecule has 2 aromatic carbocycles. The summed E-state index contributed by atoms with van der Waals surface area (Å²) in [4.78, 5) is 4.27. The van der Waals surface area contributed by atoms with Crippen LogP contribution in [0.3, 0.4) is 0 Å². The third kappa shape index (κ3) is 2.40. The van der Waals surface area contributed by atoms with Crippen molar-refractivity contribution in [3.8, 4) is 0 Å². The third-order valence-electron chi connectivity index (χ3n) is 3.29. The summed E-state index contributed by atoms with van der Waals surface area (Å²) >= 11 is 0. The fourth-order valence-corrected chi connectivity index (χ4v) is 2.36. The Morgan fingerprint density at radius 2 is 1.25 bits per heavy atom. The van der Waals surface area contributed by atoms with E-state index < -0.39 is 0 Å². The molecule has 0 saturated carbocycles. The lowest BCUT2D eigenvalue weighted by Gasteiger charge is -2.32. The number of para-hydroxylation sites is 2. The monoisotopic (exact) mass is 266 g/mol. The number of nitrogens with zero attached hydrogens (tertiary/aromatic N) is 2. The SMILES string of the molecule is CCOC1N(c2ccccc2)C=CN1c1ccccc1. The number of hydrogen-bond acceptors (Lipinski definition) is 3. The van der Waals surface area contributed by atoms with Gasteiger partial charge in [-0.25, -0.2) is 0 Å². The lowest BCUT2D eigenvalue weighted by atomic mass is 10.3. The van der Waals surface area contributed by atoms with E-state index in [1.54, 1.807) is 0 Å². The van der Waals surface area contributed by atoms with Crippen molar-refractivity contribution in [1.82, 2.24) is 0 Å². The minimum absolute atomic E-state index is 0.134. The largest absolute Gasteiger partial charge is 0.340 e. The Hall–Kier alpha value is -2.26. The number of hydrogen-bond donors (Lipinski definition) is 0. The molecule has 0 saturated heterocycles. The van der Waals surface area contributed by atoms with Crippen molar-refractivity contribution in [1.29, 1.82) is 0 Å². The fraction of sp³-hybridized carbons (Fsp3) is 0.176. The average Bonchev–Trinajstić information content (AvgIpc) is 2.93. The third-order valence-corrected chi connectivity index (χ3v) is 3.29. The molecule has 20 heavy (non-hydrogen) atoms. The predicted molar refractivity (Wildman–Crippen MR) is 82.4 cm³/mol. The standard InChI is InChI=1S/C17H18N2O/c1-2-20-17-18(15-9-5-3-6-10-15)13-14-19(17)16-11-7-4-8-12-16/h3-14,17H,2H2,1H3. The van der Waals surface area contributed by atoms with E-state index in [1.165, 1.54) is 0 Å². The van der Waals surface area contributed by atoms with Gasteiger partial charge in [-0.05, 0) is 31.2 Å². The molecule has 0 spiro atoms. The Bertz CT molecular complexity index is 519. The van der Waals surface area contributed by atoms with E-state index in [4.69, 9.17) is 4.74 Å². The smallest absolute Gasteiger partial charge is 0.218 e. The van der Waals surface area contributed by atoms with Gasteiger partial charge in [0.25, 0.3) is 0 Å². The fourth-order valence-electron chi connectivity index (χ4n) is 2.36. The second kappa shape index (κ2) is 5.80. The summed E-state index contributed by atoms with van der Waals surface area (Å²) in [6.07, 6.45) is 3.98. The zero-order chi connectivity index (χ0) is 13.8. The first-order valence-electron chi connectivity index (χ1n) is 6.87. The first kappa shape index (κ1) is 12.8.